The fraction of sp³-hybridized carbons (Fsp3) is 0.429. The minimum atomic E-state index is -0.925. The molecule has 0 bridgehead atoms. The average Bonchev–Trinajstić information content (AvgIpc) is 2.27. The van der Waals surface area contributed by atoms with Gasteiger partial charge in [0.1, 0.15) is 5.60 Å². The lowest BCUT2D eigenvalue weighted by molar-refractivity contribution is -0.147. The Kier molecular flexibility index (Phi) is 5.36. The van der Waals surface area contributed by atoms with E-state index < -0.39 is 17.5 Å². The molecule has 1 aromatic rings. The second-order valence-corrected chi connectivity index (χ2v) is 5.08. The van der Waals surface area contributed by atoms with E-state index in [-0.39, 0.29) is 6.42 Å². The molecule has 0 amide bonds. The van der Waals surface area contributed by atoms with E-state index in [0.717, 1.165) is 0 Å². The van der Waals surface area contributed by atoms with Gasteiger partial charge in [0, 0.05) is 5.02 Å². The van der Waals surface area contributed by atoms with Crippen LogP contribution in [0.1, 0.15) is 37.6 Å². The summed E-state index contributed by atoms with van der Waals surface area (Å²) in [5.41, 5.74) is -0.574. The molecule has 1 aromatic carbocycles. The van der Waals surface area contributed by atoms with Gasteiger partial charge in [-0.15, -0.1) is 0 Å². The highest BCUT2D eigenvalue weighted by atomic mass is 35.5. The molecule has 0 saturated carbocycles. The fourth-order valence-electron chi connectivity index (χ4n) is 1.52. The molecule has 0 aliphatic carbocycles. The standard InChI is InChI=1S/C14H17ClO4/c1-4-18-12(16)9-14(2,3)19-13(17)10-6-5-7-11(15)8-10/h5-8H,4,9H2,1-3H3. The number of carbonyl (C=O) groups excluding carboxylic acids is 2. The lowest BCUT2D eigenvalue weighted by atomic mass is 10.1. The van der Waals surface area contributed by atoms with Crippen LogP contribution in [0.2, 0.25) is 5.02 Å². The summed E-state index contributed by atoms with van der Waals surface area (Å²) in [7, 11) is 0. The highest BCUT2D eigenvalue weighted by Gasteiger charge is 2.27. The SMILES string of the molecule is CCOC(=O)CC(C)(C)OC(=O)c1cccc(Cl)c1. The Morgan fingerprint density at radius 1 is 1.32 bits per heavy atom. The van der Waals surface area contributed by atoms with Crippen molar-refractivity contribution < 1.29 is 19.1 Å². The normalized spacial score (nSPS) is 10.9. The van der Waals surface area contributed by atoms with Crippen molar-refractivity contribution in [1.82, 2.24) is 0 Å². The van der Waals surface area contributed by atoms with Gasteiger partial charge in [-0.3, -0.25) is 4.79 Å². The average molecular weight is 285 g/mol. The molecule has 0 aromatic heterocycles. The Labute approximate surface area is 117 Å². The summed E-state index contributed by atoms with van der Waals surface area (Å²) in [6.45, 7) is 5.35. The smallest absolute Gasteiger partial charge is 0.338 e. The minimum Gasteiger partial charge on any atom is -0.466 e. The maximum absolute atomic E-state index is 11.9. The first-order valence-electron chi connectivity index (χ1n) is 5.98. The first-order valence-corrected chi connectivity index (χ1v) is 6.36. The molecule has 0 heterocycles. The number of esters is 2. The van der Waals surface area contributed by atoms with Crippen molar-refractivity contribution in [2.75, 3.05) is 6.61 Å². The molecule has 19 heavy (non-hydrogen) atoms. The van der Waals surface area contributed by atoms with E-state index in [1.807, 2.05) is 0 Å². The van der Waals surface area contributed by atoms with Crippen LogP contribution in [0.3, 0.4) is 0 Å². The number of hydrogen-bond donors (Lipinski definition) is 0. The Morgan fingerprint density at radius 3 is 2.58 bits per heavy atom. The monoisotopic (exact) mass is 284 g/mol. The van der Waals surface area contributed by atoms with Crippen LogP contribution in [0.15, 0.2) is 24.3 Å². The summed E-state index contributed by atoms with van der Waals surface area (Å²) in [5, 5.41) is 0.456. The van der Waals surface area contributed by atoms with Gasteiger partial charge < -0.3 is 9.47 Å². The van der Waals surface area contributed by atoms with E-state index in [4.69, 9.17) is 21.1 Å². The minimum absolute atomic E-state index is 0.00709. The lowest BCUT2D eigenvalue weighted by Crippen LogP contribution is -2.31. The summed E-state index contributed by atoms with van der Waals surface area (Å²) in [4.78, 5) is 23.3. The second-order valence-electron chi connectivity index (χ2n) is 4.64. The molecule has 104 valence electrons. The van der Waals surface area contributed by atoms with E-state index in [2.05, 4.69) is 0 Å². The summed E-state index contributed by atoms with van der Waals surface area (Å²) in [6, 6.07) is 6.46. The molecule has 1 rings (SSSR count). The van der Waals surface area contributed by atoms with E-state index in [0.29, 0.717) is 17.2 Å². The first-order chi connectivity index (χ1) is 8.84. The van der Waals surface area contributed by atoms with E-state index >= 15 is 0 Å². The topological polar surface area (TPSA) is 52.6 Å². The van der Waals surface area contributed by atoms with Crippen molar-refractivity contribution in [3.63, 3.8) is 0 Å². The number of rotatable bonds is 5. The van der Waals surface area contributed by atoms with E-state index in [1.165, 1.54) is 6.07 Å². The predicted octanol–water partition coefficient (Wildman–Crippen LogP) is 3.23. The molecule has 0 aliphatic rings. The predicted molar refractivity (Wildman–Crippen MR) is 72.2 cm³/mol. The molecule has 0 saturated heterocycles. The largest absolute Gasteiger partial charge is 0.466 e. The second kappa shape index (κ2) is 6.57. The zero-order valence-corrected chi connectivity index (χ0v) is 12.0. The molecule has 0 fully saturated rings. The third-order valence-corrected chi connectivity index (χ3v) is 2.54. The van der Waals surface area contributed by atoms with E-state index in [9.17, 15) is 9.59 Å². The van der Waals surface area contributed by atoms with E-state index in [1.54, 1.807) is 39.0 Å². The number of halogens is 1. The highest BCUT2D eigenvalue weighted by Crippen LogP contribution is 2.19. The summed E-state index contributed by atoms with van der Waals surface area (Å²) >= 11 is 5.80. The van der Waals surface area contributed by atoms with Gasteiger partial charge in [-0.25, -0.2) is 4.79 Å². The van der Waals surface area contributed by atoms with Gasteiger partial charge in [-0.1, -0.05) is 17.7 Å². The van der Waals surface area contributed by atoms with Crippen molar-refractivity contribution in [3.05, 3.63) is 34.9 Å². The van der Waals surface area contributed by atoms with Crippen LogP contribution < -0.4 is 0 Å². The van der Waals surface area contributed by atoms with Gasteiger partial charge in [-0.05, 0) is 39.0 Å². The van der Waals surface area contributed by atoms with Gasteiger partial charge in [0.25, 0.3) is 0 Å². The van der Waals surface area contributed by atoms with Crippen molar-refractivity contribution in [1.29, 1.82) is 0 Å². The van der Waals surface area contributed by atoms with Crippen molar-refractivity contribution in [2.24, 2.45) is 0 Å². The molecule has 0 unspecified atom stereocenters. The third kappa shape index (κ3) is 5.30. The maximum atomic E-state index is 11.9. The van der Waals surface area contributed by atoms with Crippen LogP contribution in [-0.2, 0) is 14.3 Å². The molecular formula is C14H17ClO4. The Bertz CT molecular complexity index is 468. The van der Waals surface area contributed by atoms with Crippen molar-refractivity contribution >= 4 is 23.5 Å². The maximum Gasteiger partial charge on any atom is 0.338 e. The molecule has 0 radical (unpaired) electrons. The number of carbonyl (C=O) groups is 2. The van der Waals surface area contributed by atoms with Crippen LogP contribution in [-0.4, -0.2) is 24.1 Å². The highest BCUT2D eigenvalue weighted by molar-refractivity contribution is 6.30. The van der Waals surface area contributed by atoms with Gasteiger partial charge in [0.2, 0.25) is 0 Å². The molecule has 0 aliphatic heterocycles. The lowest BCUT2D eigenvalue weighted by Gasteiger charge is -2.24. The van der Waals surface area contributed by atoms with Crippen LogP contribution in [0.5, 0.6) is 0 Å². The third-order valence-electron chi connectivity index (χ3n) is 2.30. The Hall–Kier alpha value is -1.55. The zero-order chi connectivity index (χ0) is 14.5. The molecule has 0 spiro atoms. The molecule has 4 nitrogen and oxygen atoms in total. The van der Waals surface area contributed by atoms with Crippen LogP contribution in [0, 0.1) is 0 Å². The van der Waals surface area contributed by atoms with Crippen molar-refractivity contribution in [3.8, 4) is 0 Å². The first kappa shape index (κ1) is 15.5. The fourth-order valence-corrected chi connectivity index (χ4v) is 1.71. The van der Waals surface area contributed by atoms with Gasteiger partial charge in [-0.2, -0.15) is 0 Å². The van der Waals surface area contributed by atoms with Crippen LogP contribution in [0.25, 0.3) is 0 Å². The Morgan fingerprint density at radius 2 is 2.00 bits per heavy atom. The van der Waals surface area contributed by atoms with Gasteiger partial charge >= 0.3 is 11.9 Å². The van der Waals surface area contributed by atoms with Crippen molar-refractivity contribution in [2.45, 2.75) is 32.8 Å². The molecule has 5 heteroatoms. The summed E-state index contributed by atoms with van der Waals surface area (Å²) in [6.07, 6.45) is 0.00709. The molecule has 0 N–H and O–H groups in total. The number of ether oxygens (including phenoxy) is 2. The van der Waals surface area contributed by atoms with Gasteiger partial charge in [0.15, 0.2) is 0 Å². The number of benzene rings is 1. The molecule has 0 atom stereocenters. The summed E-state index contributed by atoms with van der Waals surface area (Å²) in [5.74, 6) is -0.914. The van der Waals surface area contributed by atoms with Crippen LogP contribution in [0.4, 0.5) is 0 Å². The Balaban J connectivity index is 2.67. The summed E-state index contributed by atoms with van der Waals surface area (Å²) < 4.78 is 10.1. The number of hydrogen-bond acceptors (Lipinski definition) is 4. The van der Waals surface area contributed by atoms with Gasteiger partial charge in [0.05, 0.1) is 18.6 Å². The molecular weight excluding hydrogens is 268 g/mol. The quantitative estimate of drug-likeness (QED) is 0.779. The van der Waals surface area contributed by atoms with Crippen LogP contribution >= 0.6 is 11.6 Å². The zero-order valence-electron chi connectivity index (χ0n) is 11.2.